The van der Waals surface area contributed by atoms with Crippen LogP contribution >= 0.6 is 34.8 Å². The van der Waals surface area contributed by atoms with E-state index in [-0.39, 0.29) is 0 Å². The molecule has 0 amide bonds. The maximum atomic E-state index is 6.15. The van der Waals surface area contributed by atoms with Crippen molar-refractivity contribution < 1.29 is 0 Å². The van der Waals surface area contributed by atoms with Crippen LogP contribution in [0.4, 0.5) is 0 Å². The summed E-state index contributed by atoms with van der Waals surface area (Å²) in [6.07, 6.45) is 0. The third-order valence-corrected chi connectivity index (χ3v) is 3.23. The molecule has 17 heavy (non-hydrogen) atoms. The highest BCUT2D eigenvalue weighted by Crippen LogP contribution is 2.30. The number of rotatable bonds is 2. The van der Waals surface area contributed by atoms with Crippen molar-refractivity contribution in [2.24, 2.45) is 0 Å². The van der Waals surface area contributed by atoms with Crippen molar-refractivity contribution >= 4 is 40.4 Å². The quantitative estimate of drug-likeness (QED) is 0.671. The van der Waals surface area contributed by atoms with Gasteiger partial charge >= 0.3 is 0 Å². The second-order valence-electron chi connectivity index (χ2n) is 3.51. The van der Waals surface area contributed by atoms with Gasteiger partial charge in [-0.05, 0) is 23.8 Å². The molecule has 2 aromatic rings. The van der Waals surface area contributed by atoms with E-state index in [1.165, 1.54) is 5.54 Å². The Hall–Kier alpha value is -0.950. The van der Waals surface area contributed by atoms with E-state index in [9.17, 15) is 0 Å². The average Bonchev–Trinajstić information content (AvgIpc) is 2.35. The molecule has 0 fully saturated rings. The fraction of sp³-hybridized carbons (Fsp3) is 0. The first-order chi connectivity index (χ1) is 8.22. The van der Waals surface area contributed by atoms with Crippen molar-refractivity contribution in [1.29, 1.82) is 0 Å². The summed E-state index contributed by atoms with van der Waals surface area (Å²) in [6, 6.07) is 15.1. The van der Waals surface area contributed by atoms with Crippen LogP contribution in [0.15, 0.2) is 54.1 Å². The molecule has 0 atom stereocenters. The van der Waals surface area contributed by atoms with E-state index >= 15 is 0 Å². The summed E-state index contributed by atoms with van der Waals surface area (Å²) in [5.74, 6) is 0. The summed E-state index contributed by atoms with van der Waals surface area (Å²) in [5, 5.41) is 1.37. The summed E-state index contributed by atoms with van der Waals surface area (Å²) in [4.78, 5) is 0. The van der Waals surface area contributed by atoms with E-state index in [2.05, 4.69) is 0 Å². The Balaban J connectivity index is 2.49. The minimum Gasteiger partial charge on any atom is -0.0923 e. The van der Waals surface area contributed by atoms with Crippen LogP contribution in [-0.2, 0) is 0 Å². The highest BCUT2D eigenvalue weighted by molar-refractivity contribution is 6.34. The standard InChI is InChI=1S/C14H9Cl3/c15-9-13(10-5-7-11(16)8-6-10)12-3-1-2-4-14(12)17/h1-9H. The van der Waals surface area contributed by atoms with Crippen molar-refractivity contribution in [3.63, 3.8) is 0 Å². The molecular formula is C14H9Cl3. The molecule has 0 aliphatic rings. The first kappa shape index (κ1) is 12.5. The van der Waals surface area contributed by atoms with Crippen molar-refractivity contribution in [3.8, 4) is 0 Å². The molecule has 0 nitrogen and oxygen atoms in total. The molecule has 0 aliphatic heterocycles. The molecular weight excluding hydrogens is 275 g/mol. The van der Waals surface area contributed by atoms with Crippen LogP contribution in [0.1, 0.15) is 11.1 Å². The Kier molecular flexibility index (Phi) is 4.11. The van der Waals surface area contributed by atoms with Gasteiger partial charge < -0.3 is 0 Å². The van der Waals surface area contributed by atoms with Crippen LogP contribution in [0.5, 0.6) is 0 Å². The van der Waals surface area contributed by atoms with Crippen LogP contribution in [0.2, 0.25) is 10.0 Å². The topological polar surface area (TPSA) is 0 Å². The van der Waals surface area contributed by atoms with E-state index < -0.39 is 0 Å². The van der Waals surface area contributed by atoms with Gasteiger partial charge in [0.05, 0.1) is 0 Å². The highest BCUT2D eigenvalue weighted by Gasteiger charge is 2.07. The van der Waals surface area contributed by atoms with Gasteiger partial charge in [0.2, 0.25) is 0 Å². The Bertz CT molecular complexity index is 542. The molecule has 86 valence electrons. The third kappa shape index (κ3) is 2.84. The second kappa shape index (κ2) is 5.59. The average molecular weight is 284 g/mol. The summed E-state index contributed by atoms with van der Waals surface area (Å²) in [7, 11) is 0. The van der Waals surface area contributed by atoms with Gasteiger partial charge in [-0.2, -0.15) is 0 Å². The van der Waals surface area contributed by atoms with Gasteiger partial charge in [0, 0.05) is 26.7 Å². The molecule has 0 aliphatic carbocycles. The van der Waals surface area contributed by atoms with Gasteiger partial charge in [-0.1, -0.05) is 65.1 Å². The predicted octanol–water partition coefficient (Wildman–Crippen LogP) is 5.62. The van der Waals surface area contributed by atoms with Crippen LogP contribution < -0.4 is 0 Å². The molecule has 0 radical (unpaired) electrons. The van der Waals surface area contributed by atoms with Gasteiger partial charge in [-0.25, -0.2) is 0 Å². The second-order valence-corrected chi connectivity index (χ2v) is 4.57. The molecule has 0 unspecified atom stereocenters. The van der Waals surface area contributed by atoms with Gasteiger partial charge in [-0.3, -0.25) is 0 Å². The predicted molar refractivity (Wildman–Crippen MR) is 75.8 cm³/mol. The van der Waals surface area contributed by atoms with E-state index in [4.69, 9.17) is 34.8 Å². The SMILES string of the molecule is ClC=C(c1ccc(Cl)cc1)c1ccccc1Cl. The molecule has 0 N–H and O–H groups in total. The van der Waals surface area contributed by atoms with E-state index in [0.717, 1.165) is 16.7 Å². The highest BCUT2D eigenvalue weighted by atomic mass is 35.5. The van der Waals surface area contributed by atoms with Crippen LogP contribution in [-0.4, -0.2) is 0 Å². The molecule has 2 rings (SSSR count). The summed E-state index contributed by atoms with van der Waals surface area (Å²) < 4.78 is 0. The van der Waals surface area contributed by atoms with E-state index in [1.54, 1.807) is 0 Å². The van der Waals surface area contributed by atoms with E-state index in [1.807, 2.05) is 48.5 Å². The Morgan fingerprint density at radius 3 is 2.12 bits per heavy atom. The first-order valence-corrected chi connectivity index (χ1v) is 6.23. The Labute approximate surface area is 115 Å². The molecule has 0 bridgehead atoms. The number of hydrogen-bond acceptors (Lipinski definition) is 0. The van der Waals surface area contributed by atoms with E-state index in [0.29, 0.717) is 10.0 Å². The maximum absolute atomic E-state index is 6.15. The minimum absolute atomic E-state index is 0.675. The fourth-order valence-corrected chi connectivity index (χ4v) is 2.19. The zero-order valence-corrected chi connectivity index (χ0v) is 11.1. The number of halogens is 3. The van der Waals surface area contributed by atoms with Gasteiger partial charge in [0.1, 0.15) is 0 Å². The molecule has 0 saturated heterocycles. The first-order valence-electron chi connectivity index (χ1n) is 5.03. The smallest absolute Gasteiger partial charge is 0.0484 e. The molecule has 0 heterocycles. The molecule has 3 heteroatoms. The van der Waals surface area contributed by atoms with Crippen LogP contribution in [0.25, 0.3) is 5.57 Å². The zero-order chi connectivity index (χ0) is 12.3. The monoisotopic (exact) mass is 282 g/mol. The van der Waals surface area contributed by atoms with Crippen LogP contribution in [0, 0.1) is 0 Å². The largest absolute Gasteiger partial charge is 0.0923 e. The Morgan fingerprint density at radius 1 is 0.882 bits per heavy atom. The molecule has 0 aromatic heterocycles. The lowest BCUT2D eigenvalue weighted by atomic mass is 10.00. The lowest BCUT2D eigenvalue weighted by Gasteiger charge is -2.09. The molecule has 0 saturated carbocycles. The Morgan fingerprint density at radius 2 is 1.53 bits per heavy atom. The van der Waals surface area contributed by atoms with Crippen LogP contribution in [0.3, 0.4) is 0 Å². The third-order valence-electron chi connectivity index (χ3n) is 2.43. The lowest BCUT2D eigenvalue weighted by Crippen LogP contribution is -1.88. The summed E-state index contributed by atoms with van der Waals surface area (Å²) >= 11 is 17.9. The lowest BCUT2D eigenvalue weighted by molar-refractivity contribution is 1.55. The maximum Gasteiger partial charge on any atom is 0.0484 e. The van der Waals surface area contributed by atoms with Crippen molar-refractivity contribution in [3.05, 3.63) is 75.2 Å². The van der Waals surface area contributed by atoms with Gasteiger partial charge in [-0.15, -0.1) is 0 Å². The molecule has 2 aromatic carbocycles. The summed E-state index contributed by atoms with van der Waals surface area (Å²) in [6.45, 7) is 0. The van der Waals surface area contributed by atoms with Crippen molar-refractivity contribution in [1.82, 2.24) is 0 Å². The van der Waals surface area contributed by atoms with Gasteiger partial charge in [0.25, 0.3) is 0 Å². The minimum atomic E-state index is 0.675. The van der Waals surface area contributed by atoms with Crippen molar-refractivity contribution in [2.75, 3.05) is 0 Å². The van der Waals surface area contributed by atoms with Crippen molar-refractivity contribution in [2.45, 2.75) is 0 Å². The summed E-state index contributed by atoms with van der Waals surface area (Å²) in [5.41, 5.74) is 4.31. The van der Waals surface area contributed by atoms with Gasteiger partial charge in [0.15, 0.2) is 0 Å². The fourth-order valence-electron chi connectivity index (χ4n) is 1.59. The zero-order valence-electron chi connectivity index (χ0n) is 8.83. The molecule has 0 spiro atoms. The number of benzene rings is 2. The normalized spacial score (nSPS) is 11.6. The number of hydrogen-bond donors (Lipinski definition) is 0.